The molecule has 0 saturated heterocycles. The molecule has 2 heterocycles. The topological polar surface area (TPSA) is 102 Å². The number of para-hydroxylation sites is 1. The van der Waals surface area contributed by atoms with E-state index in [9.17, 15) is 9.18 Å². The number of aromatic nitrogens is 2. The summed E-state index contributed by atoms with van der Waals surface area (Å²) >= 11 is 0. The lowest BCUT2D eigenvalue weighted by molar-refractivity contribution is 0.102. The first kappa shape index (κ1) is 24.2. The largest absolute Gasteiger partial charge is 0.454 e. The molecule has 4 N–H and O–H groups in total. The average Bonchev–Trinajstić information content (AvgIpc) is 2.84. The predicted octanol–water partition coefficient (Wildman–Crippen LogP) is 6.32. The van der Waals surface area contributed by atoms with Crippen molar-refractivity contribution in [2.24, 2.45) is 0 Å². The molecule has 0 unspecified atom stereocenters. The number of pyridine rings is 2. The van der Waals surface area contributed by atoms with Crippen molar-refractivity contribution >= 4 is 28.9 Å². The summed E-state index contributed by atoms with van der Waals surface area (Å²) in [5, 5.41) is 5.85. The summed E-state index contributed by atoms with van der Waals surface area (Å²) in [7, 11) is 0. The average molecular weight is 460 g/mol. The number of amides is 1. The second-order valence-corrected chi connectivity index (χ2v) is 7.02. The number of nitrogens with two attached hydrogens (primary N) is 1. The van der Waals surface area contributed by atoms with Crippen molar-refractivity contribution in [3.63, 3.8) is 0 Å². The molecule has 0 aliphatic heterocycles. The highest BCUT2D eigenvalue weighted by molar-refractivity contribution is 6.07. The fourth-order valence-electron chi connectivity index (χ4n) is 2.98. The molecule has 4 aromatic rings. The molecule has 8 heteroatoms. The number of aryl methyl sites for hydroxylation is 1. The Morgan fingerprint density at radius 2 is 1.74 bits per heavy atom. The maximum absolute atomic E-state index is 14.6. The number of carbonyl (C=O) groups is 1. The lowest BCUT2D eigenvalue weighted by Gasteiger charge is -2.13. The van der Waals surface area contributed by atoms with E-state index in [0.29, 0.717) is 28.5 Å². The van der Waals surface area contributed by atoms with Crippen molar-refractivity contribution < 1.29 is 13.9 Å². The third-order valence-electron chi connectivity index (χ3n) is 4.48. The van der Waals surface area contributed by atoms with E-state index >= 15 is 0 Å². The molecule has 34 heavy (non-hydrogen) atoms. The van der Waals surface area contributed by atoms with Crippen LogP contribution in [0.4, 0.5) is 27.4 Å². The number of anilines is 4. The van der Waals surface area contributed by atoms with Crippen LogP contribution in [0, 0.1) is 12.7 Å². The van der Waals surface area contributed by atoms with Crippen LogP contribution >= 0.6 is 0 Å². The van der Waals surface area contributed by atoms with Gasteiger partial charge in [0.05, 0.1) is 5.56 Å². The Bertz CT molecular complexity index is 1270. The minimum atomic E-state index is -0.590. The van der Waals surface area contributed by atoms with Crippen LogP contribution < -0.4 is 21.1 Å². The maximum Gasteiger partial charge on any atom is 0.259 e. The number of benzene rings is 2. The van der Waals surface area contributed by atoms with Gasteiger partial charge < -0.3 is 21.1 Å². The molecule has 0 radical (unpaired) electrons. The second-order valence-electron chi connectivity index (χ2n) is 7.02. The molecule has 0 bridgehead atoms. The van der Waals surface area contributed by atoms with Crippen LogP contribution in [-0.2, 0) is 0 Å². The van der Waals surface area contributed by atoms with E-state index in [1.165, 1.54) is 24.4 Å². The fraction of sp³-hybridized carbons (Fsp3) is 0.115. The summed E-state index contributed by atoms with van der Waals surface area (Å²) in [6.45, 7) is 5.84. The molecule has 0 spiro atoms. The first-order valence-corrected chi connectivity index (χ1v) is 10.8. The highest BCUT2D eigenvalue weighted by atomic mass is 19.1. The van der Waals surface area contributed by atoms with E-state index in [0.717, 1.165) is 5.56 Å². The van der Waals surface area contributed by atoms with E-state index in [4.69, 9.17) is 10.5 Å². The zero-order valence-corrected chi connectivity index (χ0v) is 19.2. The van der Waals surface area contributed by atoms with Gasteiger partial charge in [0.25, 0.3) is 5.91 Å². The number of hydrogen-bond acceptors (Lipinski definition) is 6. The van der Waals surface area contributed by atoms with E-state index in [-0.39, 0.29) is 17.5 Å². The van der Waals surface area contributed by atoms with Gasteiger partial charge in [0, 0.05) is 35.9 Å². The quantitative estimate of drug-likeness (QED) is 0.312. The van der Waals surface area contributed by atoms with Gasteiger partial charge in [0.2, 0.25) is 0 Å². The zero-order chi connectivity index (χ0) is 24.5. The van der Waals surface area contributed by atoms with Crippen molar-refractivity contribution in [2.45, 2.75) is 20.8 Å². The van der Waals surface area contributed by atoms with Crippen LogP contribution in [0.15, 0.2) is 79.1 Å². The number of hydrogen-bond donors (Lipinski definition) is 3. The SMILES string of the molecule is CC.Cc1cnc(Nc2ccc(Oc3ccnc(N)c3)c(F)c2)c(C(=O)Nc2ccccc2)c1. The molecular formula is C26H26FN5O2. The van der Waals surface area contributed by atoms with Crippen LogP contribution in [0.2, 0.25) is 0 Å². The van der Waals surface area contributed by atoms with Gasteiger partial charge in [-0.2, -0.15) is 0 Å². The molecule has 2 aromatic heterocycles. The molecule has 0 aliphatic rings. The van der Waals surface area contributed by atoms with E-state index in [1.54, 1.807) is 36.5 Å². The molecule has 0 saturated carbocycles. The van der Waals surface area contributed by atoms with Gasteiger partial charge in [0.1, 0.15) is 17.4 Å². The predicted molar refractivity (Wildman–Crippen MR) is 133 cm³/mol. The lowest BCUT2D eigenvalue weighted by atomic mass is 10.1. The Hall–Kier alpha value is -4.46. The van der Waals surface area contributed by atoms with Crippen LogP contribution in [0.25, 0.3) is 0 Å². The first-order valence-electron chi connectivity index (χ1n) is 10.8. The number of ether oxygens (including phenoxy) is 1. The summed E-state index contributed by atoms with van der Waals surface area (Å²) in [6.07, 6.45) is 3.10. The molecule has 4 rings (SSSR count). The van der Waals surface area contributed by atoms with Crippen LogP contribution in [0.1, 0.15) is 29.8 Å². The van der Waals surface area contributed by atoms with Crippen LogP contribution in [-0.4, -0.2) is 15.9 Å². The number of nitrogens with one attached hydrogen (secondary N) is 2. The molecule has 174 valence electrons. The normalized spacial score (nSPS) is 10.0. The van der Waals surface area contributed by atoms with Gasteiger partial charge in [-0.1, -0.05) is 32.0 Å². The van der Waals surface area contributed by atoms with Crippen molar-refractivity contribution in [1.82, 2.24) is 9.97 Å². The fourth-order valence-corrected chi connectivity index (χ4v) is 2.98. The molecule has 7 nitrogen and oxygen atoms in total. The lowest BCUT2D eigenvalue weighted by Crippen LogP contribution is -2.15. The zero-order valence-electron chi connectivity index (χ0n) is 19.2. The third kappa shape index (κ3) is 6.29. The maximum atomic E-state index is 14.6. The van der Waals surface area contributed by atoms with E-state index in [2.05, 4.69) is 20.6 Å². The Morgan fingerprint density at radius 3 is 2.44 bits per heavy atom. The highest BCUT2D eigenvalue weighted by Crippen LogP contribution is 2.29. The molecular weight excluding hydrogens is 433 g/mol. The van der Waals surface area contributed by atoms with Gasteiger partial charge in [-0.25, -0.2) is 14.4 Å². The summed E-state index contributed by atoms with van der Waals surface area (Å²) < 4.78 is 20.2. The minimum absolute atomic E-state index is 0.0278. The smallest absolute Gasteiger partial charge is 0.259 e. The monoisotopic (exact) mass is 459 g/mol. The summed E-state index contributed by atoms with van der Waals surface area (Å²) in [6, 6.07) is 18.3. The van der Waals surface area contributed by atoms with Crippen molar-refractivity contribution in [3.05, 3.63) is 96.1 Å². The molecule has 0 fully saturated rings. The Labute approximate surface area is 197 Å². The molecule has 2 aromatic carbocycles. The van der Waals surface area contributed by atoms with Gasteiger partial charge in [-0.05, 0) is 48.9 Å². The van der Waals surface area contributed by atoms with E-state index < -0.39 is 5.82 Å². The third-order valence-corrected chi connectivity index (χ3v) is 4.48. The van der Waals surface area contributed by atoms with Crippen molar-refractivity contribution in [1.29, 1.82) is 0 Å². The van der Waals surface area contributed by atoms with Gasteiger partial charge in [0.15, 0.2) is 11.6 Å². The second kappa shape index (κ2) is 11.4. The highest BCUT2D eigenvalue weighted by Gasteiger charge is 2.15. The van der Waals surface area contributed by atoms with Gasteiger partial charge >= 0.3 is 0 Å². The molecule has 0 aliphatic carbocycles. The first-order chi connectivity index (χ1) is 16.5. The Balaban J connectivity index is 0.00000158. The molecule has 1 amide bonds. The van der Waals surface area contributed by atoms with Crippen LogP contribution in [0.5, 0.6) is 11.5 Å². The Kier molecular flexibility index (Phi) is 8.12. The van der Waals surface area contributed by atoms with Gasteiger partial charge in [-0.15, -0.1) is 0 Å². The number of carbonyl (C=O) groups excluding carboxylic acids is 1. The summed E-state index contributed by atoms with van der Waals surface area (Å²) in [5.41, 5.74) is 7.85. The number of nitrogens with zero attached hydrogens (tertiary/aromatic N) is 2. The standard InChI is InChI=1S/C24H20FN5O2.C2H6/c1-15-11-19(24(31)30-16-5-3-2-4-6-16)23(28-14-15)29-17-7-8-21(20(25)12-17)32-18-9-10-27-22(26)13-18;1-2/h2-14H,1H3,(H2,26,27)(H,28,29)(H,30,31);1-2H3. The number of nitrogen functional groups attached to an aromatic ring is 1. The summed E-state index contributed by atoms with van der Waals surface area (Å²) in [5.74, 6) is 0.0579. The Morgan fingerprint density at radius 1 is 0.971 bits per heavy atom. The van der Waals surface area contributed by atoms with Crippen molar-refractivity contribution in [2.75, 3.05) is 16.4 Å². The minimum Gasteiger partial charge on any atom is -0.454 e. The summed E-state index contributed by atoms with van der Waals surface area (Å²) in [4.78, 5) is 21.0. The number of halogens is 1. The molecule has 0 atom stereocenters. The van der Waals surface area contributed by atoms with Crippen molar-refractivity contribution in [3.8, 4) is 11.5 Å². The number of rotatable bonds is 6. The van der Waals surface area contributed by atoms with Crippen LogP contribution in [0.3, 0.4) is 0 Å². The van der Waals surface area contributed by atoms with Gasteiger partial charge in [-0.3, -0.25) is 4.79 Å². The van der Waals surface area contributed by atoms with E-state index in [1.807, 2.05) is 39.0 Å².